The van der Waals surface area contributed by atoms with E-state index in [1.165, 1.54) is 6.39 Å². The highest BCUT2D eigenvalue weighted by Crippen LogP contribution is 2.32. The van der Waals surface area contributed by atoms with Crippen LogP contribution < -0.4 is 10.2 Å². The van der Waals surface area contributed by atoms with Crippen LogP contribution in [0.25, 0.3) is 11.4 Å². The summed E-state index contributed by atoms with van der Waals surface area (Å²) < 4.78 is 28.7. The molecule has 1 saturated heterocycles. The molecule has 1 aliphatic rings. The SMILES string of the molecule is Cc1cccc(C)c1N(CC(=O)Nc1ccc(-c2ncon2)cc1)C(C)C1CCS(=O)(=O)CC1. The number of hydrogen-bond donors (Lipinski definition) is 1. The molecule has 1 aromatic heterocycles. The molecule has 1 aliphatic heterocycles. The van der Waals surface area contributed by atoms with E-state index in [2.05, 4.69) is 27.3 Å². The molecule has 1 N–H and O–H groups in total. The summed E-state index contributed by atoms with van der Waals surface area (Å²) in [5, 5.41) is 6.81. The van der Waals surface area contributed by atoms with Crippen LogP contribution in [0.1, 0.15) is 30.9 Å². The molecular weight excluding hydrogens is 452 g/mol. The maximum absolute atomic E-state index is 13.1. The number of hydrogen-bond acceptors (Lipinski definition) is 7. The maximum atomic E-state index is 13.1. The molecule has 1 amide bonds. The number of amides is 1. The smallest absolute Gasteiger partial charge is 0.243 e. The molecular formula is C25H30N4O4S. The van der Waals surface area contributed by atoms with E-state index < -0.39 is 9.84 Å². The van der Waals surface area contributed by atoms with E-state index >= 15 is 0 Å². The van der Waals surface area contributed by atoms with E-state index in [9.17, 15) is 13.2 Å². The Morgan fingerprint density at radius 3 is 2.35 bits per heavy atom. The van der Waals surface area contributed by atoms with Gasteiger partial charge in [-0.05, 0) is 74.9 Å². The number of aromatic nitrogens is 2. The van der Waals surface area contributed by atoms with Gasteiger partial charge in [0.1, 0.15) is 9.84 Å². The van der Waals surface area contributed by atoms with Crippen LogP contribution in [-0.4, -0.2) is 48.6 Å². The molecule has 9 heteroatoms. The summed E-state index contributed by atoms with van der Waals surface area (Å²) in [5.74, 6) is 0.973. The lowest BCUT2D eigenvalue weighted by molar-refractivity contribution is -0.115. The summed E-state index contributed by atoms with van der Waals surface area (Å²) in [6.07, 6.45) is 2.50. The lowest BCUT2D eigenvalue weighted by Crippen LogP contribution is -2.46. The molecule has 0 spiro atoms. The number of para-hydroxylation sites is 1. The van der Waals surface area contributed by atoms with E-state index in [1.54, 1.807) is 0 Å². The average Bonchev–Trinajstić information content (AvgIpc) is 3.33. The van der Waals surface area contributed by atoms with Gasteiger partial charge in [-0.2, -0.15) is 4.98 Å². The minimum Gasteiger partial charge on any atom is -0.359 e. The molecule has 2 aromatic carbocycles. The largest absolute Gasteiger partial charge is 0.359 e. The minimum absolute atomic E-state index is 0.0154. The Morgan fingerprint density at radius 2 is 1.76 bits per heavy atom. The number of nitrogens with zero attached hydrogens (tertiary/aromatic N) is 3. The first-order valence-corrected chi connectivity index (χ1v) is 13.3. The molecule has 4 rings (SSSR count). The van der Waals surface area contributed by atoms with Gasteiger partial charge in [-0.25, -0.2) is 8.42 Å². The van der Waals surface area contributed by atoms with Crippen molar-refractivity contribution in [3.8, 4) is 11.4 Å². The Bertz CT molecular complexity index is 1210. The summed E-state index contributed by atoms with van der Waals surface area (Å²) in [6, 6.07) is 13.4. The van der Waals surface area contributed by atoms with Gasteiger partial charge < -0.3 is 14.7 Å². The average molecular weight is 483 g/mol. The zero-order valence-corrected chi connectivity index (χ0v) is 20.5. The first-order valence-electron chi connectivity index (χ1n) is 11.4. The fourth-order valence-electron chi connectivity index (χ4n) is 4.69. The number of aryl methyl sites for hydroxylation is 2. The predicted octanol–water partition coefficient (Wildman–Crippen LogP) is 4.01. The number of carbonyl (C=O) groups excluding carboxylic acids is 1. The Labute approximate surface area is 200 Å². The van der Waals surface area contributed by atoms with Gasteiger partial charge in [-0.3, -0.25) is 4.79 Å². The van der Waals surface area contributed by atoms with E-state index in [0.717, 1.165) is 22.4 Å². The van der Waals surface area contributed by atoms with Crippen molar-refractivity contribution >= 4 is 27.1 Å². The molecule has 1 atom stereocenters. The van der Waals surface area contributed by atoms with Crippen LogP contribution in [0.3, 0.4) is 0 Å². The van der Waals surface area contributed by atoms with Gasteiger partial charge in [0.05, 0.1) is 18.1 Å². The fourth-order valence-corrected chi connectivity index (χ4v) is 6.21. The fraction of sp³-hybridized carbons (Fsp3) is 0.400. The quantitative estimate of drug-likeness (QED) is 0.542. The Kier molecular flexibility index (Phi) is 7.02. The van der Waals surface area contributed by atoms with Gasteiger partial charge in [0.15, 0.2) is 0 Å². The highest BCUT2D eigenvalue weighted by Gasteiger charge is 2.32. The number of sulfone groups is 1. The molecule has 34 heavy (non-hydrogen) atoms. The number of anilines is 2. The standard InChI is InChI=1S/C25H30N4O4S/c1-17-5-4-6-18(2)24(17)29(19(3)20-11-13-34(31,32)14-12-20)15-23(30)27-22-9-7-21(8-10-22)25-26-16-33-28-25/h4-10,16,19-20H,11-15H2,1-3H3,(H,27,30). The first-order chi connectivity index (χ1) is 16.2. The summed E-state index contributed by atoms with van der Waals surface area (Å²) in [5.41, 5.74) is 4.69. The van der Waals surface area contributed by atoms with Crippen LogP contribution >= 0.6 is 0 Å². The Hall–Kier alpha value is -3.20. The second-order valence-electron chi connectivity index (χ2n) is 8.98. The topological polar surface area (TPSA) is 105 Å². The Morgan fingerprint density at radius 1 is 1.12 bits per heavy atom. The molecule has 0 radical (unpaired) electrons. The van der Waals surface area contributed by atoms with Gasteiger partial charge in [-0.1, -0.05) is 23.4 Å². The Balaban J connectivity index is 1.52. The van der Waals surface area contributed by atoms with Crippen LogP contribution in [0, 0.1) is 19.8 Å². The summed E-state index contributed by atoms with van der Waals surface area (Å²) >= 11 is 0. The minimum atomic E-state index is -2.95. The van der Waals surface area contributed by atoms with Crippen molar-refractivity contribution < 1.29 is 17.7 Å². The number of nitrogens with one attached hydrogen (secondary N) is 1. The third kappa shape index (κ3) is 5.47. The van der Waals surface area contributed by atoms with Gasteiger partial charge in [0.2, 0.25) is 18.1 Å². The van der Waals surface area contributed by atoms with Crippen LogP contribution in [0.15, 0.2) is 53.4 Å². The van der Waals surface area contributed by atoms with Gasteiger partial charge in [-0.15, -0.1) is 0 Å². The lowest BCUT2D eigenvalue weighted by atomic mass is 9.92. The van der Waals surface area contributed by atoms with E-state index in [0.29, 0.717) is 24.4 Å². The molecule has 0 saturated carbocycles. The van der Waals surface area contributed by atoms with Crippen molar-refractivity contribution in [2.45, 2.75) is 39.7 Å². The predicted molar refractivity (Wildman–Crippen MR) is 132 cm³/mol. The second kappa shape index (κ2) is 9.97. The monoisotopic (exact) mass is 482 g/mol. The lowest BCUT2D eigenvalue weighted by Gasteiger charge is -2.39. The third-order valence-electron chi connectivity index (χ3n) is 6.60. The number of carbonyl (C=O) groups is 1. The molecule has 0 bridgehead atoms. The molecule has 8 nitrogen and oxygen atoms in total. The van der Waals surface area contributed by atoms with Gasteiger partial charge in [0.25, 0.3) is 0 Å². The zero-order valence-electron chi connectivity index (χ0n) is 19.7. The van der Waals surface area contributed by atoms with Gasteiger partial charge in [0, 0.05) is 23.0 Å². The number of benzene rings is 2. The molecule has 0 aliphatic carbocycles. The van der Waals surface area contributed by atoms with Crippen molar-refractivity contribution in [2.24, 2.45) is 5.92 Å². The van der Waals surface area contributed by atoms with Crippen molar-refractivity contribution in [1.29, 1.82) is 0 Å². The molecule has 180 valence electrons. The molecule has 1 fully saturated rings. The number of rotatable bonds is 7. The third-order valence-corrected chi connectivity index (χ3v) is 8.32. The summed E-state index contributed by atoms with van der Waals surface area (Å²) in [4.78, 5) is 19.3. The highest BCUT2D eigenvalue weighted by molar-refractivity contribution is 7.91. The van der Waals surface area contributed by atoms with Crippen molar-refractivity contribution in [3.05, 3.63) is 60.0 Å². The molecule has 2 heterocycles. The van der Waals surface area contributed by atoms with E-state index in [1.807, 2.05) is 56.3 Å². The van der Waals surface area contributed by atoms with Crippen LogP contribution in [0.5, 0.6) is 0 Å². The van der Waals surface area contributed by atoms with Crippen LogP contribution in [-0.2, 0) is 14.6 Å². The first kappa shape index (κ1) is 23.9. The van der Waals surface area contributed by atoms with Crippen LogP contribution in [0.4, 0.5) is 11.4 Å². The van der Waals surface area contributed by atoms with Crippen LogP contribution in [0.2, 0.25) is 0 Å². The summed E-state index contributed by atoms with van der Waals surface area (Å²) in [7, 11) is -2.95. The second-order valence-corrected chi connectivity index (χ2v) is 11.3. The molecule has 3 aromatic rings. The van der Waals surface area contributed by atoms with Crippen molar-refractivity contribution in [1.82, 2.24) is 10.1 Å². The van der Waals surface area contributed by atoms with E-state index in [-0.39, 0.29) is 35.9 Å². The van der Waals surface area contributed by atoms with Crippen molar-refractivity contribution in [3.63, 3.8) is 0 Å². The zero-order chi connectivity index (χ0) is 24.3. The highest BCUT2D eigenvalue weighted by atomic mass is 32.2. The van der Waals surface area contributed by atoms with Crippen molar-refractivity contribution in [2.75, 3.05) is 28.3 Å². The summed E-state index contributed by atoms with van der Waals surface area (Å²) in [6.45, 7) is 6.36. The normalized spacial score (nSPS) is 16.7. The molecule has 1 unspecified atom stereocenters. The van der Waals surface area contributed by atoms with Gasteiger partial charge >= 0.3 is 0 Å². The van der Waals surface area contributed by atoms with E-state index in [4.69, 9.17) is 4.52 Å². The maximum Gasteiger partial charge on any atom is 0.243 e.